The predicted octanol–water partition coefficient (Wildman–Crippen LogP) is 0.759. The molecule has 1 aromatic heterocycles. The molecule has 0 atom stereocenters. The van der Waals surface area contributed by atoms with E-state index >= 15 is 0 Å². The van der Waals surface area contributed by atoms with Crippen molar-refractivity contribution in [2.45, 2.75) is 13.5 Å². The highest BCUT2D eigenvalue weighted by Gasteiger charge is 2.02. The third kappa shape index (κ3) is 0.967. The van der Waals surface area contributed by atoms with Gasteiger partial charge >= 0.3 is 0 Å². The average molecular weight is 163 g/mol. The number of hydrogen-bond acceptors (Lipinski definition) is 3. The first-order valence-corrected chi connectivity index (χ1v) is 3.72. The molecular weight excluding hydrogens is 154 g/mol. The summed E-state index contributed by atoms with van der Waals surface area (Å²) in [6, 6.07) is 3.75. The van der Waals surface area contributed by atoms with Crippen LogP contribution in [-0.2, 0) is 6.61 Å². The molecule has 1 heterocycles. The number of hydrogen-bond donors (Lipinski definition) is 2. The van der Waals surface area contributed by atoms with E-state index in [0.29, 0.717) is 0 Å². The zero-order chi connectivity index (χ0) is 8.55. The topological polar surface area (TPSA) is 61.8 Å². The van der Waals surface area contributed by atoms with Crippen molar-refractivity contribution >= 4 is 11.0 Å². The van der Waals surface area contributed by atoms with Crippen LogP contribution in [0.15, 0.2) is 12.1 Å². The third-order valence-electron chi connectivity index (χ3n) is 1.94. The van der Waals surface area contributed by atoms with Gasteiger partial charge in [-0.05, 0) is 30.2 Å². The molecule has 0 saturated carbocycles. The minimum atomic E-state index is 0.0502. The Morgan fingerprint density at radius 2 is 2.00 bits per heavy atom. The van der Waals surface area contributed by atoms with Crippen LogP contribution in [0.5, 0.6) is 0 Å². The Labute approximate surface area is 69.2 Å². The van der Waals surface area contributed by atoms with Crippen molar-refractivity contribution < 1.29 is 5.11 Å². The van der Waals surface area contributed by atoms with E-state index < -0.39 is 0 Å². The molecule has 0 fully saturated rings. The van der Waals surface area contributed by atoms with Crippen molar-refractivity contribution in [1.82, 2.24) is 15.4 Å². The Bertz CT molecular complexity index is 408. The number of fused-ring (bicyclic) bond motifs is 1. The molecule has 0 spiro atoms. The summed E-state index contributed by atoms with van der Waals surface area (Å²) < 4.78 is 0. The quantitative estimate of drug-likeness (QED) is 0.652. The van der Waals surface area contributed by atoms with Gasteiger partial charge in [-0.1, -0.05) is 0 Å². The van der Waals surface area contributed by atoms with Crippen LogP contribution in [0.2, 0.25) is 0 Å². The number of benzene rings is 1. The van der Waals surface area contributed by atoms with Gasteiger partial charge in [0.05, 0.1) is 6.61 Å². The lowest BCUT2D eigenvalue weighted by atomic mass is 10.1. The lowest BCUT2D eigenvalue weighted by molar-refractivity contribution is 0.281. The van der Waals surface area contributed by atoms with Gasteiger partial charge in [0.25, 0.3) is 0 Å². The van der Waals surface area contributed by atoms with Crippen LogP contribution in [-0.4, -0.2) is 20.5 Å². The fraction of sp³-hybridized carbons (Fsp3) is 0.250. The highest BCUT2D eigenvalue weighted by Crippen LogP contribution is 2.15. The Balaban J connectivity index is 2.73. The summed E-state index contributed by atoms with van der Waals surface area (Å²) in [6.07, 6.45) is 0. The van der Waals surface area contributed by atoms with Crippen molar-refractivity contribution in [3.63, 3.8) is 0 Å². The standard InChI is InChI=1S/C8H9N3O/c1-5-2-7-8(10-11-9-7)3-6(5)4-12/h2-3,12H,4H2,1H3,(H,9,10,11). The van der Waals surface area contributed by atoms with E-state index in [4.69, 9.17) is 5.11 Å². The summed E-state index contributed by atoms with van der Waals surface area (Å²) in [5.74, 6) is 0. The van der Waals surface area contributed by atoms with Crippen molar-refractivity contribution in [3.05, 3.63) is 23.3 Å². The van der Waals surface area contributed by atoms with Gasteiger partial charge in [0, 0.05) is 0 Å². The van der Waals surface area contributed by atoms with Crippen LogP contribution in [0.3, 0.4) is 0 Å². The zero-order valence-electron chi connectivity index (χ0n) is 6.70. The van der Waals surface area contributed by atoms with Gasteiger partial charge in [-0.2, -0.15) is 15.4 Å². The lowest BCUT2D eigenvalue weighted by Gasteiger charge is -1.99. The van der Waals surface area contributed by atoms with Gasteiger partial charge in [0.1, 0.15) is 11.0 Å². The zero-order valence-corrected chi connectivity index (χ0v) is 6.70. The molecule has 0 amide bonds. The number of aliphatic hydroxyl groups excluding tert-OH is 1. The Kier molecular flexibility index (Phi) is 1.55. The smallest absolute Gasteiger partial charge is 0.113 e. The maximum absolute atomic E-state index is 8.96. The number of nitrogens with zero attached hydrogens (tertiary/aromatic N) is 2. The van der Waals surface area contributed by atoms with Gasteiger partial charge in [0.2, 0.25) is 0 Å². The molecule has 62 valence electrons. The highest BCUT2D eigenvalue weighted by molar-refractivity contribution is 5.75. The van der Waals surface area contributed by atoms with Crippen LogP contribution in [0.4, 0.5) is 0 Å². The van der Waals surface area contributed by atoms with Crippen LogP contribution in [0.1, 0.15) is 11.1 Å². The molecule has 0 bridgehead atoms. The summed E-state index contributed by atoms with van der Waals surface area (Å²) >= 11 is 0. The van der Waals surface area contributed by atoms with Gasteiger partial charge in [-0.3, -0.25) is 0 Å². The van der Waals surface area contributed by atoms with E-state index in [-0.39, 0.29) is 6.61 Å². The molecule has 2 aromatic rings. The van der Waals surface area contributed by atoms with Crippen molar-refractivity contribution in [3.8, 4) is 0 Å². The molecule has 4 heteroatoms. The maximum Gasteiger partial charge on any atom is 0.113 e. The lowest BCUT2D eigenvalue weighted by Crippen LogP contribution is -1.88. The number of aromatic amines is 1. The van der Waals surface area contributed by atoms with E-state index in [0.717, 1.165) is 22.2 Å². The minimum Gasteiger partial charge on any atom is -0.392 e. The molecule has 0 aliphatic rings. The fourth-order valence-corrected chi connectivity index (χ4v) is 1.21. The van der Waals surface area contributed by atoms with Gasteiger partial charge < -0.3 is 5.11 Å². The second kappa shape index (κ2) is 2.57. The van der Waals surface area contributed by atoms with Crippen LogP contribution < -0.4 is 0 Å². The molecule has 4 nitrogen and oxygen atoms in total. The molecule has 0 radical (unpaired) electrons. The Hall–Kier alpha value is -1.42. The van der Waals surface area contributed by atoms with E-state index in [1.807, 2.05) is 19.1 Å². The summed E-state index contributed by atoms with van der Waals surface area (Å²) in [6.45, 7) is 1.99. The highest BCUT2D eigenvalue weighted by atomic mass is 16.3. The molecule has 0 aliphatic heterocycles. The maximum atomic E-state index is 8.96. The van der Waals surface area contributed by atoms with Crippen molar-refractivity contribution in [2.24, 2.45) is 0 Å². The fourth-order valence-electron chi connectivity index (χ4n) is 1.21. The molecule has 2 N–H and O–H groups in total. The summed E-state index contributed by atoms with van der Waals surface area (Å²) in [5, 5.41) is 19.4. The molecule has 0 saturated heterocycles. The van der Waals surface area contributed by atoms with Crippen molar-refractivity contribution in [1.29, 1.82) is 0 Å². The van der Waals surface area contributed by atoms with E-state index in [2.05, 4.69) is 15.4 Å². The summed E-state index contributed by atoms with van der Waals surface area (Å²) in [5.41, 5.74) is 3.57. The SMILES string of the molecule is Cc1cc2n[nH]nc2cc1CO. The molecular formula is C8H9N3O. The number of H-pyrrole nitrogens is 1. The van der Waals surface area contributed by atoms with Crippen LogP contribution in [0, 0.1) is 6.92 Å². The Morgan fingerprint density at radius 1 is 1.33 bits per heavy atom. The molecule has 0 unspecified atom stereocenters. The number of aromatic nitrogens is 3. The molecule has 0 aliphatic carbocycles. The number of rotatable bonds is 1. The average Bonchev–Trinajstić information content (AvgIpc) is 2.49. The second-order valence-electron chi connectivity index (χ2n) is 2.75. The van der Waals surface area contributed by atoms with E-state index in [1.165, 1.54) is 0 Å². The largest absolute Gasteiger partial charge is 0.392 e. The first-order chi connectivity index (χ1) is 5.81. The third-order valence-corrected chi connectivity index (χ3v) is 1.94. The number of nitrogens with one attached hydrogen (secondary N) is 1. The monoisotopic (exact) mass is 163 g/mol. The van der Waals surface area contributed by atoms with Crippen LogP contribution >= 0.6 is 0 Å². The first-order valence-electron chi connectivity index (χ1n) is 3.72. The summed E-state index contributed by atoms with van der Waals surface area (Å²) in [7, 11) is 0. The minimum absolute atomic E-state index is 0.0502. The van der Waals surface area contributed by atoms with E-state index in [9.17, 15) is 0 Å². The predicted molar refractivity (Wildman–Crippen MR) is 44.5 cm³/mol. The van der Waals surface area contributed by atoms with Gasteiger partial charge in [-0.25, -0.2) is 0 Å². The first kappa shape index (κ1) is 7.24. The van der Waals surface area contributed by atoms with Crippen molar-refractivity contribution in [2.75, 3.05) is 0 Å². The van der Waals surface area contributed by atoms with Gasteiger partial charge in [-0.15, -0.1) is 0 Å². The van der Waals surface area contributed by atoms with Gasteiger partial charge in [0.15, 0.2) is 0 Å². The Morgan fingerprint density at radius 3 is 2.67 bits per heavy atom. The summed E-state index contributed by atoms with van der Waals surface area (Å²) in [4.78, 5) is 0. The van der Waals surface area contributed by atoms with E-state index in [1.54, 1.807) is 0 Å². The molecule has 1 aromatic carbocycles. The normalized spacial score (nSPS) is 10.8. The molecule has 2 rings (SSSR count). The number of aliphatic hydroxyl groups is 1. The van der Waals surface area contributed by atoms with Crippen LogP contribution in [0.25, 0.3) is 11.0 Å². The number of aryl methyl sites for hydroxylation is 1. The second-order valence-corrected chi connectivity index (χ2v) is 2.75. The molecule has 12 heavy (non-hydrogen) atoms.